The van der Waals surface area contributed by atoms with Crippen LogP contribution in [0.4, 0.5) is 5.82 Å². The predicted octanol–water partition coefficient (Wildman–Crippen LogP) is 2.80. The van der Waals surface area contributed by atoms with Crippen LogP contribution in [0.15, 0.2) is 60.7 Å². The zero-order chi connectivity index (χ0) is 17.6. The Labute approximate surface area is 145 Å². The van der Waals surface area contributed by atoms with Crippen LogP contribution in [0.1, 0.15) is 10.4 Å². The van der Waals surface area contributed by atoms with Crippen molar-refractivity contribution in [1.29, 1.82) is 0 Å². The second kappa shape index (κ2) is 7.63. The van der Waals surface area contributed by atoms with Gasteiger partial charge in [0, 0.05) is 17.2 Å². The van der Waals surface area contributed by atoms with Crippen molar-refractivity contribution >= 4 is 11.7 Å². The molecule has 2 aromatic carbocycles. The van der Waals surface area contributed by atoms with Crippen LogP contribution in [0.5, 0.6) is 5.75 Å². The van der Waals surface area contributed by atoms with Gasteiger partial charge in [-0.1, -0.05) is 36.4 Å². The minimum absolute atomic E-state index is 0.0715. The number of ether oxygens (including phenoxy) is 1. The fraction of sp³-hybridized carbons (Fsp3) is 0.158. The van der Waals surface area contributed by atoms with Gasteiger partial charge in [0.2, 0.25) is 0 Å². The van der Waals surface area contributed by atoms with Gasteiger partial charge in [0.1, 0.15) is 11.6 Å². The minimum Gasteiger partial charge on any atom is -0.497 e. The first-order valence-corrected chi connectivity index (χ1v) is 7.91. The molecule has 0 atom stereocenters. The topological polar surface area (TPSA) is 76.4 Å². The van der Waals surface area contributed by atoms with E-state index in [1.165, 1.54) is 0 Å². The molecule has 128 valence electrons. The van der Waals surface area contributed by atoms with Crippen LogP contribution in [-0.4, -0.2) is 34.5 Å². The summed E-state index contributed by atoms with van der Waals surface area (Å²) in [5.41, 5.74) is 2.16. The van der Waals surface area contributed by atoms with E-state index in [1.54, 1.807) is 42.1 Å². The van der Waals surface area contributed by atoms with Crippen LogP contribution >= 0.6 is 0 Å². The van der Waals surface area contributed by atoms with Gasteiger partial charge in [-0.3, -0.25) is 4.79 Å². The number of hydrogen-bond donors (Lipinski definition) is 2. The number of aromatic nitrogens is 2. The Hall–Kier alpha value is -3.12. The summed E-state index contributed by atoms with van der Waals surface area (Å²) < 4.78 is 6.73. The van der Waals surface area contributed by atoms with Crippen LogP contribution in [-0.2, 0) is 6.54 Å². The van der Waals surface area contributed by atoms with Gasteiger partial charge in [-0.25, -0.2) is 4.68 Å². The second-order valence-electron chi connectivity index (χ2n) is 5.41. The van der Waals surface area contributed by atoms with E-state index in [-0.39, 0.29) is 12.5 Å². The quantitative estimate of drug-likeness (QED) is 0.725. The first kappa shape index (κ1) is 16.7. The van der Waals surface area contributed by atoms with Gasteiger partial charge in [-0.2, -0.15) is 5.10 Å². The van der Waals surface area contributed by atoms with E-state index in [0.717, 1.165) is 11.3 Å². The lowest BCUT2D eigenvalue weighted by Gasteiger charge is -2.08. The maximum absolute atomic E-state index is 12.5. The van der Waals surface area contributed by atoms with Crippen LogP contribution in [0.25, 0.3) is 11.3 Å². The molecule has 0 saturated carbocycles. The normalized spacial score (nSPS) is 10.5. The number of carbonyl (C=O) groups is 1. The molecule has 1 amide bonds. The van der Waals surface area contributed by atoms with E-state index < -0.39 is 0 Å². The number of hydrogen-bond acceptors (Lipinski definition) is 4. The van der Waals surface area contributed by atoms with Crippen LogP contribution in [0.2, 0.25) is 0 Å². The van der Waals surface area contributed by atoms with E-state index in [0.29, 0.717) is 23.7 Å². The molecule has 1 heterocycles. The molecule has 6 heteroatoms. The first-order chi connectivity index (χ1) is 12.2. The molecule has 0 aliphatic heterocycles. The first-order valence-electron chi connectivity index (χ1n) is 7.91. The standard InChI is InChI=1S/C19H19N3O3/c1-25-16-9-5-8-15(12-16)19(24)20-18-13-17(21-22(18)10-11-23)14-6-3-2-4-7-14/h2-9,12-13,23H,10-11H2,1H3,(H,20,24). The molecule has 0 bridgehead atoms. The molecular formula is C19H19N3O3. The van der Waals surface area contributed by atoms with E-state index in [2.05, 4.69) is 10.4 Å². The van der Waals surface area contributed by atoms with E-state index in [1.807, 2.05) is 30.3 Å². The lowest BCUT2D eigenvalue weighted by atomic mass is 10.1. The van der Waals surface area contributed by atoms with Gasteiger partial charge < -0.3 is 15.2 Å². The molecule has 2 N–H and O–H groups in total. The second-order valence-corrected chi connectivity index (χ2v) is 5.41. The number of carbonyl (C=O) groups excluding carboxylic acids is 1. The smallest absolute Gasteiger partial charge is 0.256 e. The Morgan fingerprint density at radius 2 is 1.96 bits per heavy atom. The van der Waals surface area contributed by atoms with Crippen molar-refractivity contribution in [3.05, 3.63) is 66.2 Å². The molecule has 0 saturated heterocycles. The average Bonchev–Trinajstić information content (AvgIpc) is 3.05. The zero-order valence-corrected chi connectivity index (χ0v) is 13.8. The molecule has 0 aliphatic carbocycles. The third-order valence-electron chi connectivity index (χ3n) is 3.73. The van der Waals surface area contributed by atoms with Crippen LogP contribution in [0.3, 0.4) is 0 Å². The summed E-state index contributed by atoms with van der Waals surface area (Å²) >= 11 is 0. The molecule has 25 heavy (non-hydrogen) atoms. The van der Waals surface area contributed by atoms with Crippen molar-refractivity contribution in [2.75, 3.05) is 19.0 Å². The Kier molecular flexibility index (Phi) is 5.11. The maximum atomic E-state index is 12.5. The number of benzene rings is 2. The summed E-state index contributed by atoms with van der Waals surface area (Å²) in [6.07, 6.45) is 0. The van der Waals surface area contributed by atoms with E-state index >= 15 is 0 Å². The number of anilines is 1. The highest BCUT2D eigenvalue weighted by atomic mass is 16.5. The van der Waals surface area contributed by atoms with Gasteiger partial charge in [0.25, 0.3) is 5.91 Å². The van der Waals surface area contributed by atoms with E-state index in [4.69, 9.17) is 4.74 Å². The molecule has 0 unspecified atom stereocenters. The van der Waals surface area contributed by atoms with E-state index in [9.17, 15) is 9.90 Å². The van der Waals surface area contributed by atoms with Gasteiger partial charge >= 0.3 is 0 Å². The molecular weight excluding hydrogens is 318 g/mol. The van der Waals surface area contributed by atoms with Crippen molar-refractivity contribution in [2.24, 2.45) is 0 Å². The van der Waals surface area contributed by atoms with Crippen LogP contribution < -0.4 is 10.1 Å². The molecule has 1 aromatic heterocycles. The predicted molar refractivity (Wildman–Crippen MR) is 95.7 cm³/mol. The third kappa shape index (κ3) is 3.87. The monoisotopic (exact) mass is 337 g/mol. The van der Waals surface area contributed by atoms with Gasteiger partial charge in [0.15, 0.2) is 0 Å². The SMILES string of the molecule is COc1cccc(C(=O)Nc2cc(-c3ccccc3)nn2CCO)c1. The molecule has 0 spiro atoms. The summed E-state index contributed by atoms with van der Waals surface area (Å²) in [4.78, 5) is 12.5. The molecule has 6 nitrogen and oxygen atoms in total. The van der Waals surface area contributed by atoms with Crippen molar-refractivity contribution < 1.29 is 14.6 Å². The van der Waals surface area contributed by atoms with Gasteiger partial charge in [-0.15, -0.1) is 0 Å². The van der Waals surface area contributed by atoms with Crippen molar-refractivity contribution in [3.63, 3.8) is 0 Å². The highest BCUT2D eigenvalue weighted by Gasteiger charge is 2.13. The minimum atomic E-state index is -0.266. The largest absolute Gasteiger partial charge is 0.497 e. The number of aliphatic hydroxyl groups excluding tert-OH is 1. The number of nitrogens with zero attached hydrogens (tertiary/aromatic N) is 2. The number of rotatable bonds is 6. The summed E-state index contributed by atoms with van der Waals surface area (Å²) in [7, 11) is 1.56. The van der Waals surface area contributed by atoms with Crippen molar-refractivity contribution in [3.8, 4) is 17.0 Å². The number of amides is 1. The lowest BCUT2D eigenvalue weighted by molar-refractivity contribution is 0.102. The zero-order valence-electron chi connectivity index (χ0n) is 13.8. The third-order valence-corrected chi connectivity index (χ3v) is 3.73. The fourth-order valence-electron chi connectivity index (χ4n) is 2.49. The summed E-state index contributed by atoms with van der Waals surface area (Å²) in [5, 5.41) is 16.6. The van der Waals surface area contributed by atoms with Crippen LogP contribution in [0, 0.1) is 0 Å². The molecule has 0 radical (unpaired) electrons. The summed E-state index contributed by atoms with van der Waals surface area (Å²) in [5.74, 6) is 0.875. The number of nitrogens with one attached hydrogen (secondary N) is 1. The highest BCUT2D eigenvalue weighted by Crippen LogP contribution is 2.22. The summed E-state index contributed by atoms with van der Waals surface area (Å²) in [6, 6.07) is 18.4. The fourth-order valence-corrected chi connectivity index (χ4v) is 2.49. The molecule has 0 fully saturated rings. The van der Waals surface area contributed by atoms with Crippen molar-refractivity contribution in [1.82, 2.24) is 9.78 Å². The van der Waals surface area contributed by atoms with Gasteiger partial charge in [-0.05, 0) is 18.2 Å². The maximum Gasteiger partial charge on any atom is 0.256 e. The van der Waals surface area contributed by atoms with Crippen molar-refractivity contribution in [2.45, 2.75) is 6.54 Å². The Morgan fingerprint density at radius 1 is 1.16 bits per heavy atom. The average molecular weight is 337 g/mol. The lowest BCUT2D eigenvalue weighted by Crippen LogP contribution is -2.16. The molecule has 3 rings (SSSR count). The van der Waals surface area contributed by atoms with Gasteiger partial charge in [0.05, 0.1) is 26.0 Å². The highest BCUT2D eigenvalue weighted by molar-refractivity contribution is 6.04. The Bertz CT molecular complexity index is 859. The number of aliphatic hydroxyl groups is 1. The Balaban J connectivity index is 1.88. The molecule has 3 aromatic rings. The summed E-state index contributed by atoms with van der Waals surface area (Å²) in [6.45, 7) is 0.221. The number of methoxy groups -OCH3 is 1. The molecule has 0 aliphatic rings. The Morgan fingerprint density at radius 3 is 2.68 bits per heavy atom.